The van der Waals surface area contributed by atoms with Crippen molar-refractivity contribution in [3.8, 4) is 11.4 Å². The maximum atomic E-state index is 12.4. The van der Waals surface area contributed by atoms with Crippen molar-refractivity contribution in [1.82, 2.24) is 19.7 Å². The summed E-state index contributed by atoms with van der Waals surface area (Å²) >= 11 is 1.33. The van der Waals surface area contributed by atoms with Crippen molar-refractivity contribution in [3.63, 3.8) is 0 Å². The van der Waals surface area contributed by atoms with Crippen LogP contribution in [0.15, 0.2) is 76.8 Å². The van der Waals surface area contributed by atoms with Gasteiger partial charge in [-0.2, -0.15) is 0 Å². The molecule has 0 aliphatic rings. The number of nitrogens with zero attached hydrogens (tertiary/aromatic N) is 4. The zero-order valence-corrected chi connectivity index (χ0v) is 16.6. The lowest BCUT2D eigenvalue weighted by atomic mass is 10.2. The Balaban J connectivity index is 1.52. The Morgan fingerprint density at radius 3 is 2.86 bits per heavy atom. The molecule has 0 radical (unpaired) electrons. The van der Waals surface area contributed by atoms with Crippen LogP contribution in [0.5, 0.6) is 0 Å². The van der Waals surface area contributed by atoms with Gasteiger partial charge in [-0.15, -0.1) is 10.2 Å². The van der Waals surface area contributed by atoms with Crippen molar-refractivity contribution in [3.05, 3.63) is 78.5 Å². The summed E-state index contributed by atoms with van der Waals surface area (Å²) in [5.41, 5.74) is 2.72. The number of amides is 1. The van der Waals surface area contributed by atoms with Gasteiger partial charge in [0.05, 0.1) is 18.6 Å². The summed E-state index contributed by atoms with van der Waals surface area (Å²) < 4.78 is 7.42. The number of furan rings is 1. The number of nitrogens with one attached hydrogen (secondary N) is 1. The van der Waals surface area contributed by atoms with Gasteiger partial charge in [0.25, 0.3) is 0 Å². The van der Waals surface area contributed by atoms with E-state index in [2.05, 4.69) is 20.5 Å². The summed E-state index contributed by atoms with van der Waals surface area (Å²) in [7, 11) is 0. The van der Waals surface area contributed by atoms with Crippen molar-refractivity contribution < 1.29 is 9.21 Å². The van der Waals surface area contributed by atoms with Crippen LogP contribution in [0.25, 0.3) is 11.4 Å². The van der Waals surface area contributed by atoms with Gasteiger partial charge >= 0.3 is 0 Å². The van der Waals surface area contributed by atoms with E-state index in [4.69, 9.17) is 4.42 Å². The van der Waals surface area contributed by atoms with Crippen molar-refractivity contribution in [2.45, 2.75) is 18.6 Å². The van der Waals surface area contributed by atoms with Crippen LogP contribution in [-0.4, -0.2) is 31.4 Å². The lowest BCUT2D eigenvalue weighted by molar-refractivity contribution is -0.113. The highest BCUT2D eigenvalue weighted by atomic mass is 32.2. The molecule has 0 spiro atoms. The number of rotatable bonds is 7. The van der Waals surface area contributed by atoms with E-state index in [9.17, 15) is 4.79 Å². The minimum Gasteiger partial charge on any atom is -0.467 e. The van der Waals surface area contributed by atoms with E-state index >= 15 is 0 Å². The fraction of sp³-hybridized carbons (Fsp3) is 0.143. The van der Waals surface area contributed by atoms with Crippen LogP contribution in [0.3, 0.4) is 0 Å². The first-order valence-corrected chi connectivity index (χ1v) is 10.0. The molecule has 1 amide bonds. The SMILES string of the molecule is Cc1cccc(NC(=O)CSc2nnc(-c3cccnc3)n2Cc2ccco2)c1. The number of carbonyl (C=O) groups excluding carboxylic acids is 1. The third-order valence-corrected chi connectivity index (χ3v) is 5.13. The summed E-state index contributed by atoms with van der Waals surface area (Å²) in [5.74, 6) is 1.57. The topological polar surface area (TPSA) is 85.8 Å². The maximum absolute atomic E-state index is 12.4. The Hall–Kier alpha value is -3.39. The summed E-state index contributed by atoms with van der Waals surface area (Å²) in [6.45, 7) is 2.45. The standard InChI is InChI=1S/C21H19N5O2S/c1-15-5-2-7-17(11-15)23-19(27)14-29-21-25-24-20(16-6-3-9-22-12-16)26(21)13-18-8-4-10-28-18/h2-12H,13-14H2,1H3,(H,23,27). The maximum Gasteiger partial charge on any atom is 0.234 e. The molecule has 0 atom stereocenters. The molecular weight excluding hydrogens is 386 g/mol. The molecule has 8 heteroatoms. The highest BCUT2D eigenvalue weighted by molar-refractivity contribution is 7.99. The number of hydrogen-bond acceptors (Lipinski definition) is 6. The molecule has 3 aromatic heterocycles. The summed E-state index contributed by atoms with van der Waals surface area (Å²) in [6, 6.07) is 15.2. The molecule has 0 unspecified atom stereocenters. The minimum absolute atomic E-state index is 0.101. The smallest absolute Gasteiger partial charge is 0.234 e. The first kappa shape index (κ1) is 18.9. The molecule has 7 nitrogen and oxygen atoms in total. The molecule has 146 valence electrons. The third-order valence-electron chi connectivity index (χ3n) is 4.16. The highest BCUT2D eigenvalue weighted by Gasteiger charge is 2.17. The van der Waals surface area contributed by atoms with Gasteiger partial charge in [0.15, 0.2) is 11.0 Å². The molecule has 3 heterocycles. The highest BCUT2D eigenvalue weighted by Crippen LogP contribution is 2.25. The van der Waals surface area contributed by atoms with E-state index in [1.54, 1.807) is 18.7 Å². The predicted octanol–water partition coefficient (Wildman–Crippen LogP) is 4.02. The lowest BCUT2D eigenvalue weighted by Gasteiger charge is -2.09. The molecule has 0 saturated carbocycles. The second-order valence-corrected chi connectivity index (χ2v) is 7.36. The fourth-order valence-corrected chi connectivity index (χ4v) is 3.59. The van der Waals surface area contributed by atoms with Crippen molar-refractivity contribution >= 4 is 23.4 Å². The van der Waals surface area contributed by atoms with Gasteiger partial charge in [0.2, 0.25) is 5.91 Å². The predicted molar refractivity (Wildman–Crippen MR) is 112 cm³/mol. The molecule has 0 aliphatic heterocycles. The molecule has 29 heavy (non-hydrogen) atoms. The van der Waals surface area contributed by atoms with Gasteiger partial charge in [0, 0.05) is 23.6 Å². The largest absolute Gasteiger partial charge is 0.467 e. The molecule has 0 fully saturated rings. The van der Waals surface area contributed by atoms with Gasteiger partial charge < -0.3 is 9.73 Å². The van der Waals surface area contributed by atoms with E-state index in [0.29, 0.717) is 17.5 Å². The van der Waals surface area contributed by atoms with Gasteiger partial charge in [-0.05, 0) is 48.9 Å². The Kier molecular flexibility index (Phi) is 5.71. The first-order valence-electron chi connectivity index (χ1n) is 9.04. The van der Waals surface area contributed by atoms with E-state index in [-0.39, 0.29) is 11.7 Å². The van der Waals surface area contributed by atoms with E-state index in [1.165, 1.54) is 11.8 Å². The van der Waals surface area contributed by atoms with Crippen molar-refractivity contribution in [2.75, 3.05) is 11.1 Å². The van der Waals surface area contributed by atoms with E-state index < -0.39 is 0 Å². The number of benzene rings is 1. The average Bonchev–Trinajstić information content (AvgIpc) is 3.38. The number of pyridine rings is 1. The number of anilines is 1. The molecular formula is C21H19N5O2S. The zero-order chi connectivity index (χ0) is 20.1. The molecule has 1 aromatic carbocycles. The van der Waals surface area contributed by atoms with E-state index in [1.807, 2.05) is 60.0 Å². The first-order chi connectivity index (χ1) is 14.2. The number of hydrogen-bond donors (Lipinski definition) is 1. The number of aromatic nitrogens is 4. The van der Waals surface area contributed by atoms with Gasteiger partial charge in [-0.3, -0.25) is 14.3 Å². The number of carbonyl (C=O) groups is 1. The molecule has 1 N–H and O–H groups in total. The van der Waals surface area contributed by atoms with E-state index in [0.717, 1.165) is 22.6 Å². The monoisotopic (exact) mass is 405 g/mol. The Morgan fingerprint density at radius 2 is 2.10 bits per heavy atom. The average molecular weight is 405 g/mol. The van der Waals surface area contributed by atoms with Crippen molar-refractivity contribution in [2.24, 2.45) is 0 Å². The minimum atomic E-state index is -0.101. The lowest BCUT2D eigenvalue weighted by Crippen LogP contribution is -2.15. The van der Waals surface area contributed by atoms with Crippen LogP contribution < -0.4 is 5.32 Å². The Labute approximate surface area is 172 Å². The normalized spacial score (nSPS) is 10.8. The molecule has 0 aliphatic carbocycles. The summed E-state index contributed by atoms with van der Waals surface area (Å²) in [4.78, 5) is 16.5. The fourth-order valence-electron chi connectivity index (χ4n) is 2.85. The second kappa shape index (κ2) is 8.74. The Bertz CT molecular complexity index is 1090. The van der Waals surface area contributed by atoms with Crippen LogP contribution in [-0.2, 0) is 11.3 Å². The third kappa shape index (κ3) is 4.72. The molecule has 0 saturated heterocycles. The second-order valence-electron chi connectivity index (χ2n) is 6.42. The summed E-state index contributed by atoms with van der Waals surface area (Å²) in [6.07, 6.45) is 5.08. The number of thioether (sulfide) groups is 1. The van der Waals surface area contributed by atoms with Crippen LogP contribution in [0.1, 0.15) is 11.3 Å². The van der Waals surface area contributed by atoms with Gasteiger partial charge in [-0.1, -0.05) is 23.9 Å². The van der Waals surface area contributed by atoms with Crippen LogP contribution >= 0.6 is 11.8 Å². The van der Waals surface area contributed by atoms with Crippen LogP contribution in [0, 0.1) is 6.92 Å². The molecule has 4 rings (SSSR count). The molecule has 0 bridgehead atoms. The van der Waals surface area contributed by atoms with Gasteiger partial charge in [0.1, 0.15) is 5.76 Å². The summed E-state index contributed by atoms with van der Waals surface area (Å²) in [5, 5.41) is 12.2. The van der Waals surface area contributed by atoms with Crippen molar-refractivity contribution in [1.29, 1.82) is 0 Å². The quantitative estimate of drug-likeness (QED) is 0.468. The molecule has 4 aromatic rings. The van der Waals surface area contributed by atoms with Gasteiger partial charge in [-0.25, -0.2) is 0 Å². The van der Waals surface area contributed by atoms with Crippen LogP contribution in [0.4, 0.5) is 5.69 Å². The zero-order valence-electron chi connectivity index (χ0n) is 15.8. The Morgan fingerprint density at radius 1 is 1.17 bits per heavy atom. The van der Waals surface area contributed by atoms with Crippen LogP contribution in [0.2, 0.25) is 0 Å². The number of aryl methyl sites for hydroxylation is 1.